The van der Waals surface area contributed by atoms with E-state index in [2.05, 4.69) is 33.7 Å². The smallest absolute Gasteiger partial charge is 0.229 e. The molecule has 0 radical (unpaired) electrons. The lowest BCUT2D eigenvalue weighted by Gasteiger charge is -2.34. The summed E-state index contributed by atoms with van der Waals surface area (Å²) in [7, 11) is 0. The number of carbonyl (C=O) groups excluding carboxylic acids is 1. The lowest BCUT2D eigenvalue weighted by atomic mass is 10.1. The number of rotatable bonds is 4. The molecule has 0 aliphatic carbocycles. The van der Waals surface area contributed by atoms with Gasteiger partial charge in [0.1, 0.15) is 0 Å². The van der Waals surface area contributed by atoms with Crippen LogP contribution in [0.5, 0.6) is 0 Å². The molecule has 5 nitrogen and oxygen atoms in total. The Bertz CT molecular complexity index is 870. The summed E-state index contributed by atoms with van der Waals surface area (Å²) in [5, 5.41) is 3.00. The van der Waals surface area contributed by atoms with Gasteiger partial charge in [-0.15, -0.1) is 11.3 Å². The zero-order valence-electron chi connectivity index (χ0n) is 14.1. The summed E-state index contributed by atoms with van der Waals surface area (Å²) in [6, 6.07) is 10.1. The zero-order valence-corrected chi connectivity index (χ0v) is 14.9. The molecule has 0 aromatic carbocycles. The third-order valence-corrected chi connectivity index (χ3v) is 5.55. The van der Waals surface area contributed by atoms with Gasteiger partial charge < -0.3 is 9.47 Å². The van der Waals surface area contributed by atoms with Crippen LogP contribution in [0.25, 0.3) is 0 Å². The maximum atomic E-state index is 12.7. The highest BCUT2D eigenvalue weighted by Crippen LogP contribution is 2.26. The Balaban J connectivity index is 1.42. The van der Waals surface area contributed by atoms with Gasteiger partial charge in [-0.3, -0.25) is 9.78 Å². The van der Waals surface area contributed by atoms with Crippen molar-refractivity contribution in [2.24, 2.45) is 0 Å². The second kappa shape index (κ2) is 6.80. The number of carbonyl (C=O) groups is 1. The Kier molecular flexibility index (Phi) is 4.36. The van der Waals surface area contributed by atoms with Crippen molar-refractivity contribution in [2.45, 2.75) is 32.4 Å². The van der Waals surface area contributed by atoms with Crippen molar-refractivity contribution in [3.63, 3.8) is 0 Å². The quantitative estimate of drug-likeness (QED) is 0.725. The van der Waals surface area contributed by atoms with Gasteiger partial charge in [-0.25, -0.2) is 4.98 Å². The van der Waals surface area contributed by atoms with E-state index < -0.39 is 0 Å². The van der Waals surface area contributed by atoms with Gasteiger partial charge in [0, 0.05) is 48.7 Å². The first-order valence-corrected chi connectivity index (χ1v) is 9.36. The van der Waals surface area contributed by atoms with Gasteiger partial charge in [-0.2, -0.15) is 0 Å². The monoisotopic (exact) mass is 352 g/mol. The molecule has 1 aliphatic rings. The predicted molar refractivity (Wildman–Crippen MR) is 97.4 cm³/mol. The molecule has 4 heterocycles. The molecule has 1 aliphatic heterocycles. The summed E-state index contributed by atoms with van der Waals surface area (Å²) < 4.78 is 2.22. The van der Waals surface area contributed by atoms with E-state index in [0.717, 1.165) is 29.5 Å². The van der Waals surface area contributed by atoms with Gasteiger partial charge in [-0.1, -0.05) is 6.07 Å². The van der Waals surface area contributed by atoms with Crippen LogP contribution in [0.15, 0.2) is 48.1 Å². The number of thiazole rings is 1. The molecule has 1 atom stereocenters. The molecule has 3 aromatic heterocycles. The molecule has 128 valence electrons. The fraction of sp³-hybridized carbons (Fsp3) is 0.316. The Morgan fingerprint density at radius 3 is 3.00 bits per heavy atom. The predicted octanol–water partition coefficient (Wildman–Crippen LogP) is 3.08. The van der Waals surface area contributed by atoms with Crippen molar-refractivity contribution in [1.82, 2.24) is 19.4 Å². The number of nitrogens with zero attached hydrogens (tertiary/aromatic N) is 4. The molecule has 0 N–H and O–H groups in total. The highest BCUT2D eigenvalue weighted by atomic mass is 32.1. The molecule has 0 saturated heterocycles. The van der Waals surface area contributed by atoms with E-state index in [1.807, 2.05) is 34.5 Å². The lowest BCUT2D eigenvalue weighted by molar-refractivity contribution is -0.133. The minimum Gasteiger partial charge on any atom is -0.348 e. The third kappa shape index (κ3) is 3.35. The van der Waals surface area contributed by atoms with Crippen molar-refractivity contribution in [1.29, 1.82) is 0 Å². The van der Waals surface area contributed by atoms with Crippen LogP contribution in [-0.4, -0.2) is 31.9 Å². The number of fused-ring (bicyclic) bond motifs is 1. The summed E-state index contributed by atoms with van der Waals surface area (Å²) in [4.78, 5) is 23.7. The molecule has 0 bridgehead atoms. The van der Waals surface area contributed by atoms with Crippen LogP contribution in [0.3, 0.4) is 0 Å². The second-order valence-electron chi connectivity index (χ2n) is 6.30. The second-order valence-corrected chi connectivity index (χ2v) is 7.24. The van der Waals surface area contributed by atoms with Crippen LogP contribution in [-0.2, 0) is 24.2 Å². The Morgan fingerprint density at radius 1 is 1.24 bits per heavy atom. The van der Waals surface area contributed by atoms with Crippen molar-refractivity contribution in [3.8, 4) is 0 Å². The van der Waals surface area contributed by atoms with E-state index in [1.165, 1.54) is 5.69 Å². The Morgan fingerprint density at radius 2 is 2.16 bits per heavy atom. The van der Waals surface area contributed by atoms with Gasteiger partial charge in [0.15, 0.2) is 0 Å². The molecule has 0 unspecified atom stereocenters. The summed E-state index contributed by atoms with van der Waals surface area (Å²) in [6.45, 7) is 3.71. The van der Waals surface area contributed by atoms with E-state index in [-0.39, 0.29) is 11.9 Å². The van der Waals surface area contributed by atoms with Crippen LogP contribution >= 0.6 is 11.3 Å². The third-order valence-electron chi connectivity index (χ3n) is 4.65. The molecular weight excluding hydrogens is 332 g/mol. The molecule has 0 spiro atoms. The highest BCUT2D eigenvalue weighted by molar-refractivity contribution is 7.09. The van der Waals surface area contributed by atoms with Gasteiger partial charge in [0.2, 0.25) is 5.91 Å². The molecule has 0 fully saturated rings. The molecule has 4 rings (SSSR count). The first kappa shape index (κ1) is 16.0. The average Bonchev–Trinajstić information content (AvgIpc) is 3.26. The Labute approximate surface area is 151 Å². The van der Waals surface area contributed by atoms with E-state index in [1.54, 1.807) is 17.5 Å². The largest absolute Gasteiger partial charge is 0.348 e. The first-order valence-electron chi connectivity index (χ1n) is 8.48. The number of hydrogen-bond acceptors (Lipinski definition) is 4. The molecule has 25 heavy (non-hydrogen) atoms. The van der Waals surface area contributed by atoms with Crippen molar-refractivity contribution >= 4 is 17.2 Å². The fourth-order valence-electron chi connectivity index (χ4n) is 3.35. The highest BCUT2D eigenvalue weighted by Gasteiger charge is 2.27. The topological polar surface area (TPSA) is 51.0 Å². The summed E-state index contributed by atoms with van der Waals surface area (Å²) in [5.74, 6) is 0.148. The van der Waals surface area contributed by atoms with Crippen molar-refractivity contribution in [3.05, 3.63) is 70.2 Å². The molecular formula is C19H20N4OS. The SMILES string of the molecule is C[C@H]1c2cccn2CCN1C(=O)Cc1csc(Cc2ccccn2)n1. The number of pyridine rings is 1. The number of amides is 1. The van der Waals surface area contributed by atoms with E-state index in [0.29, 0.717) is 12.8 Å². The van der Waals surface area contributed by atoms with Gasteiger partial charge in [0.05, 0.1) is 23.2 Å². The van der Waals surface area contributed by atoms with Gasteiger partial charge in [-0.05, 0) is 31.2 Å². The average molecular weight is 352 g/mol. The summed E-state index contributed by atoms with van der Waals surface area (Å²) in [6.07, 6.45) is 4.95. The van der Waals surface area contributed by atoms with Gasteiger partial charge in [0.25, 0.3) is 0 Å². The van der Waals surface area contributed by atoms with Crippen LogP contribution in [0, 0.1) is 0 Å². The maximum Gasteiger partial charge on any atom is 0.229 e. The molecule has 0 saturated carbocycles. The molecule has 1 amide bonds. The lowest BCUT2D eigenvalue weighted by Crippen LogP contribution is -2.41. The maximum absolute atomic E-state index is 12.7. The van der Waals surface area contributed by atoms with E-state index >= 15 is 0 Å². The van der Waals surface area contributed by atoms with Crippen LogP contribution in [0.1, 0.15) is 35.1 Å². The summed E-state index contributed by atoms with van der Waals surface area (Å²) in [5.41, 5.74) is 3.06. The first-order chi connectivity index (χ1) is 12.2. The van der Waals surface area contributed by atoms with Crippen LogP contribution in [0.4, 0.5) is 0 Å². The fourth-order valence-corrected chi connectivity index (χ4v) is 4.15. The van der Waals surface area contributed by atoms with Crippen LogP contribution < -0.4 is 0 Å². The van der Waals surface area contributed by atoms with Crippen LogP contribution in [0.2, 0.25) is 0 Å². The standard InChI is InChI=1S/C19H20N4OS/c1-14-17-6-4-8-22(17)9-10-23(14)19(24)12-16-13-25-18(21-16)11-15-5-2-3-7-20-15/h2-8,13-14H,9-12H2,1H3/t14-/m0/s1. The van der Waals surface area contributed by atoms with E-state index in [9.17, 15) is 4.79 Å². The Hall–Kier alpha value is -2.47. The minimum atomic E-state index is 0.114. The normalized spacial score (nSPS) is 16.7. The molecule has 6 heteroatoms. The number of hydrogen-bond donors (Lipinski definition) is 0. The minimum absolute atomic E-state index is 0.114. The molecule has 3 aromatic rings. The van der Waals surface area contributed by atoms with E-state index in [4.69, 9.17) is 0 Å². The number of aromatic nitrogens is 3. The van der Waals surface area contributed by atoms with Crippen molar-refractivity contribution < 1.29 is 4.79 Å². The summed E-state index contributed by atoms with van der Waals surface area (Å²) >= 11 is 1.60. The van der Waals surface area contributed by atoms with Crippen molar-refractivity contribution in [2.75, 3.05) is 6.54 Å². The zero-order chi connectivity index (χ0) is 17.2. The van der Waals surface area contributed by atoms with Gasteiger partial charge >= 0.3 is 0 Å².